The summed E-state index contributed by atoms with van der Waals surface area (Å²) in [5.41, 5.74) is 10.7. The molecule has 4 heteroatoms. The van der Waals surface area contributed by atoms with Crippen LogP contribution in [0, 0.1) is 51.2 Å². The Morgan fingerprint density at radius 3 is 2.29 bits per heavy atom. The van der Waals surface area contributed by atoms with E-state index in [9.17, 15) is 9.90 Å². The molecule has 5 aliphatic rings. The zero-order valence-electron chi connectivity index (χ0n) is 27.7. The van der Waals surface area contributed by atoms with Crippen molar-refractivity contribution in [1.29, 1.82) is 0 Å². The second kappa shape index (κ2) is 9.67. The zero-order chi connectivity index (χ0) is 30.5. The lowest BCUT2D eigenvalue weighted by Crippen LogP contribution is -2.68. The molecule has 6 rings (SSSR count). The molecule has 4 nitrogen and oxygen atoms in total. The molecule has 0 aromatic heterocycles. The highest BCUT2D eigenvalue weighted by atomic mass is 16.5. The monoisotopic (exact) mass is 575 g/mol. The van der Waals surface area contributed by atoms with Crippen LogP contribution >= 0.6 is 0 Å². The normalized spacial score (nSPS) is 45.4. The number of nitrogens with two attached hydrogens (primary N) is 1. The fourth-order valence-electron chi connectivity index (χ4n) is 12.6. The number of rotatable bonds is 4. The molecule has 1 aromatic rings. The number of hydrogen-bond acceptors (Lipinski definition) is 4. The Labute approximate surface area is 255 Å². The predicted octanol–water partition coefficient (Wildman–Crippen LogP) is 8.42. The first-order valence-corrected chi connectivity index (χ1v) is 17.0. The summed E-state index contributed by atoms with van der Waals surface area (Å²) in [4.78, 5) is 12.1. The second-order valence-electron chi connectivity index (χ2n) is 16.9. The van der Waals surface area contributed by atoms with E-state index in [-0.39, 0.29) is 33.2 Å². The van der Waals surface area contributed by atoms with Crippen molar-refractivity contribution in [2.24, 2.45) is 57.0 Å². The Hall–Kier alpha value is -1.65. The van der Waals surface area contributed by atoms with Crippen molar-refractivity contribution in [1.82, 2.24) is 0 Å². The van der Waals surface area contributed by atoms with Gasteiger partial charge in [0.15, 0.2) is 0 Å². The number of aliphatic hydroxyl groups is 1. The molecular weight excluding hydrogens is 518 g/mol. The number of esters is 1. The average molecular weight is 576 g/mol. The first kappa shape index (κ1) is 30.4. The molecule has 5 aliphatic carbocycles. The molecule has 232 valence electrons. The summed E-state index contributed by atoms with van der Waals surface area (Å²) in [6.07, 6.45) is 14.1. The summed E-state index contributed by atoms with van der Waals surface area (Å²) < 4.78 is 4.94. The molecule has 3 N–H and O–H groups in total. The van der Waals surface area contributed by atoms with Crippen LogP contribution in [-0.4, -0.2) is 29.3 Å². The van der Waals surface area contributed by atoms with Crippen LogP contribution in [-0.2, 0) is 4.74 Å². The molecular formula is C38H57NO3. The molecule has 0 aliphatic heterocycles. The lowest BCUT2D eigenvalue weighted by Gasteiger charge is -2.72. The molecule has 0 radical (unpaired) electrons. The first-order valence-electron chi connectivity index (χ1n) is 17.0. The zero-order valence-corrected chi connectivity index (χ0v) is 27.7. The van der Waals surface area contributed by atoms with E-state index in [0.717, 1.165) is 32.1 Å². The Kier molecular flexibility index (Phi) is 7.00. The number of ether oxygens (including phenoxy) is 1. The van der Waals surface area contributed by atoms with Crippen molar-refractivity contribution < 1.29 is 14.6 Å². The molecule has 4 saturated carbocycles. The largest absolute Gasteiger partial charge is 0.465 e. The molecule has 0 saturated heterocycles. The van der Waals surface area contributed by atoms with E-state index >= 15 is 0 Å². The fraction of sp³-hybridized carbons (Fsp3) is 0.763. The van der Waals surface area contributed by atoms with Crippen molar-refractivity contribution in [3.63, 3.8) is 0 Å². The third kappa shape index (κ3) is 3.95. The van der Waals surface area contributed by atoms with E-state index in [1.165, 1.54) is 50.4 Å². The van der Waals surface area contributed by atoms with Crippen LogP contribution in [0.1, 0.15) is 129 Å². The third-order valence-electron chi connectivity index (χ3n) is 15.2. The molecule has 4 fully saturated rings. The minimum atomic E-state index is -0.630. The van der Waals surface area contributed by atoms with Gasteiger partial charge >= 0.3 is 5.97 Å². The number of fused-ring (bicyclic) bond motifs is 7. The van der Waals surface area contributed by atoms with Crippen molar-refractivity contribution in [2.75, 3.05) is 7.11 Å². The number of methoxy groups -OCH3 is 1. The van der Waals surface area contributed by atoms with Crippen LogP contribution in [0.15, 0.2) is 30.3 Å². The third-order valence-corrected chi connectivity index (χ3v) is 15.2. The number of benzene rings is 1. The van der Waals surface area contributed by atoms with Crippen molar-refractivity contribution >= 4 is 11.5 Å². The molecule has 0 spiro atoms. The fourth-order valence-corrected chi connectivity index (χ4v) is 12.6. The summed E-state index contributed by atoms with van der Waals surface area (Å²) in [5.74, 6) is 2.35. The van der Waals surface area contributed by atoms with Gasteiger partial charge in [0.25, 0.3) is 0 Å². The molecule has 1 aromatic carbocycles. The van der Waals surface area contributed by atoms with Crippen LogP contribution < -0.4 is 5.73 Å². The van der Waals surface area contributed by atoms with Gasteiger partial charge in [-0.25, -0.2) is 4.79 Å². The standard InChI is InChI=1S/C38H57NO3/c1-9-37(7,41)28-17-21-38(39)23-22-35(5)27(31(28)38)14-15-30-34(4)19-16-26(24-10-12-25(13-11-24)32(40)42-8)33(2,3)29(34)18-20-36(30,35)6/h10-13,16,27-31,41H,9,14-15,17-23,39H2,1-8H3/t27-,28-,29+,30-,31+,34+,35-,36-,37?,38+/m1/s1. The highest BCUT2D eigenvalue weighted by molar-refractivity contribution is 5.89. The van der Waals surface area contributed by atoms with Gasteiger partial charge < -0.3 is 15.6 Å². The van der Waals surface area contributed by atoms with Crippen LogP contribution in [0.2, 0.25) is 0 Å². The first-order chi connectivity index (χ1) is 19.6. The minimum absolute atomic E-state index is 0.0498. The SMILES string of the molecule is CCC(C)(O)[C@@H]1CC[C@]2(N)CC[C@]3(C)[C@H](CC[C@@H]4[C@@]5(C)CC=C(c6ccc(C(=O)OC)cc6)C(C)(C)[C@@H]5CC[C@]43C)[C@@H]12. The molecule has 42 heavy (non-hydrogen) atoms. The second-order valence-corrected chi connectivity index (χ2v) is 16.9. The van der Waals surface area contributed by atoms with E-state index in [4.69, 9.17) is 10.5 Å². The highest BCUT2D eigenvalue weighted by Crippen LogP contribution is 2.76. The van der Waals surface area contributed by atoms with Crippen LogP contribution in [0.4, 0.5) is 0 Å². The number of hydrogen-bond donors (Lipinski definition) is 2. The van der Waals surface area contributed by atoms with Gasteiger partial charge in [0, 0.05) is 5.54 Å². The molecule has 0 amide bonds. The van der Waals surface area contributed by atoms with Gasteiger partial charge in [-0.05, 0) is 146 Å². The highest BCUT2D eigenvalue weighted by Gasteiger charge is 2.70. The maximum Gasteiger partial charge on any atom is 0.337 e. The van der Waals surface area contributed by atoms with Gasteiger partial charge in [-0.2, -0.15) is 0 Å². The maximum absolute atomic E-state index is 12.1. The Morgan fingerprint density at radius 2 is 1.64 bits per heavy atom. The van der Waals surface area contributed by atoms with E-state index in [1.807, 2.05) is 12.1 Å². The molecule has 10 atom stereocenters. The quantitative estimate of drug-likeness (QED) is 0.354. The number of carbonyl (C=O) groups excluding carboxylic acids is 1. The van der Waals surface area contributed by atoms with Crippen LogP contribution in [0.3, 0.4) is 0 Å². The summed E-state index contributed by atoms with van der Waals surface area (Å²) in [7, 11) is 1.44. The Morgan fingerprint density at radius 1 is 0.952 bits per heavy atom. The average Bonchev–Trinajstić information content (AvgIpc) is 3.31. The Bertz CT molecular complexity index is 1260. The lowest BCUT2D eigenvalue weighted by atomic mass is 9.33. The van der Waals surface area contributed by atoms with E-state index in [1.54, 1.807) is 0 Å². The maximum atomic E-state index is 12.1. The molecule has 1 unspecified atom stereocenters. The van der Waals surface area contributed by atoms with Crippen molar-refractivity contribution in [3.8, 4) is 0 Å². The van der Waals surface area contributed by atoms with Gasteiger partial charge in [-0.1, -0.05) is 59.8 Å². The van der Waals surface area contributed by atoms with Gasteiger partial charge in [0.1, 0.15) is 0 Å². The number of carbonyl (C=O) groups is 1. The van der Waals surface area contributed by atoms with E-state index in [0.29, 0.717) is 35.2 Å². The lowest BCUT2D eigenvalue weighted by molar-refractivity contribution is -0.223. The smallest absolute Gasteiger partial charge is 0.337 e. The van der Waals surface area contributed by atoms with Crippen molar-refractivity contribution in [2.45, 2.75) is 124 Å². The van der Waals surface area contributed by atoms with Crippen molar-refractivity contribution in [3.05, 3.63) is 41.5 Å². The summed E-state index contributed by atoms with van der Waals surface area (Å²) in [5, 5.41) is 11.6. The van der Waals surface area contributed by atoms with Crippen LogP contribution in [0.5, 0.6) is 0 Å². The minimum Gasteiger partial charge on any atom is -0.465 e. The van der Waals surface area contributed by atoms with Gasteiger partial charge in [0.05, 0.1) is 18.3 Å². The molecule has 0 bridgehead atoms. The predicted molar refractivity (Wildman–Crippen MR) is 171 cm³/mol. The van der Waals surface area contributed by atoms with Gasteiger partial charge in [-0.15, -0.1) is 0 Å². The summed E-state index contributed by atoms with van der Waals surface area (Å²) in [6.45, 7) is 17.2. The van der Waals surface area contributed by atoms with E-state index in [2.05, 4.69) is 66.7 Å². The topological polar surface area (TPSA) is 72.5 Å². The van der Waals surface area contributed by atoms with E-state index < -0.39 is 5.60 Å². The summed E-state index contributed by atoms with van der Waals surface area (Å²) >= 11 is 0. The van der Waals surface area contributed by atoms with Gasteiger partial charge in [0.2, 0.25) is 0 Å². The number of allylic oxidation sites excluding steroid dienone is 2. The van der Waals surface area contributed by atoms with Crippen LogP contribution in [0.25, 0.3) is 5.57 Å². The summed E-state index contributed by atoms with van der Waals surface area (Å²) in [6, 6.07) is 8.06. The Balaban J connectivity index is 1.34. The van der Waals surface area contributed by atoms with Gasteiger partial charge in [-0.3, -0.25) is 0 Å². The molecule has 0 heterocycles.